The van der Waals surface area contributed by atoms with Crippen molar-refractivity contribution in [3.63, 3.8) is 0 Å². The van der Waals surface area contributed by atoms with Crippen molar-refractivity contribution in [2.24, 2.45) is 10.7 Å². The summed E-state index contributed by atoms with van der Waals surface area (Å²) in [4.78, 5) is 3.77. The van der Waals surface area contributed by atoms with Crippen LogP contribution in [0.3, 0.4) is 0 Å². The van der Waals surface area contributed by atoms with E-state index in [1.165, 1.54) is 0 Å². The van der Waals surface area contributed by atoms with Gasteiger partial charge >= 0.3 is 0 Å². The molecule has 2 heteroatoms. The number of hydrogen-bond acceptors (Lipinski definition) is 2. The Morgan fingerprint density at radius 3 is 2.75 bits per heavy atom. The molecule has 0 saturated carbocycles. The highest BCUT2D eigenvalue weighted by Crippen LogP contribution is 1.79. The van der Waals surface area contributed by atoms with Crippen LogP contribution in [0.2, 0.25) is 0 Å². The molecule has 0 aliphatic rings. The van der Waals surface area contributed by atoms with Gasteiger partial charge in [0, 0.05) is 18.1 Å². The van der Waals surface area contributed by atoms with E-state index in [1.807, 2.05) is 6.92 Å². The Labute approximate surface area is 49.4 Å². The van der Waals surface area contributed by atoms with Gasteiger partial charge in [0.1, 0.15) is 0 Å². The van der Waals surface area contributed by atoms with Crippen molar-refractivity contribution < 1.29 is 0 Å². The molecule has 8 heavy (non-hydrogen) atoms. The predicted molar refractivity (Wildman–Crippen MR) is 36.6 cm³/mol. The molecule has 0 saturated heterocycles. The Balaban J connectivity index is 3.50. The average Bonchev–Trinajstić information content (AvgIpc) is 1.66. The lowest BCUT2D eigenvalue weighted by atomic mass is 10.5. The summed E-state index contributed by atoms with van der Waals surface area (Å²) in [5.74, 6) is 0. The zero-order chi connectivity index (χ0) is 6.41. The summed E-state index contributed by atoms with van der Waals surface area (Å²) in [6.07, 6.45) is 4.92. The topological polar surface area (TPSA) is 38.4 Å². The first-order valence-electron chi connectivity index (χ1n) is 2.36. The number of nitrogens with zero attached hydrogens (tertiary/aromatic N) is 1. The highest BCUT2D eigenvalue weighted by molar-refractivity contribution is 5.54. The van der Waals surface area contributed by atoms with Crippen molar-refractivity contribution in [1.29, 1.82) is 0 Å². The molecular formula is C6H10N2. The SMILES string of the molecule is C=C(N)/C=C\N=CC. The van der Waals surface area contributed by atoms with Gasteiger partial charge in [-0.15, -0.1) is 0 Å². The van der Waals surface area contributed by atoms with Crippen LogP contribution in [0.15, 0.2) is 29.5 Å². The Kier molecular flexibility index (Phi) is 3.58. The second-order valence-electron chi connectivity index (χ2n) is 1.30. The van der Waals surface area contributed by atoms with Gasteiger partial charge in [0.15, 0.2) is 0 Å². The predicted octanol–water partition coefficient (Wildman–Crippen LogP) is 1.06. The molecule has 0 bridgehead atoms. The number of rotatable bonds is 2. The van der Waals surface area contributed by atoms with Gasteiger partial charge in [0.2, 0.25) is 0 Å². The fourth-order valence-corrected chi connectivity index (χ4v) is 0.225. The van der Waals surface area contributed by atoms with Crippen LogP contribution in [0.1, 0.15) is 6.92 Å². The minimum atomic E-state index is 0.524. The van der Waals surface area contributed by atoms with Crippen LogP contribution in [0.4, 0.5) is 0 Å². The number of nitrogens with two attached hydrogens (primary N) is 1. The quantitative estimate of drug-likeness (QED) is 0.419. The van der Waals surface area contributed by atoms with Crippen LogP contribution in [0, 0.1) is 0 Å². The second kappa shape index (κ2) is 4.12. The van der Waals surface area contributed by atoms with Crippen molar-refractivity contribution in [2.75, 3.05) is 0 Å². The van der Waals surface area contributed by atoms with E-state index >= 15 is 0 Å². The Morgan fingerprint density at radius 1 is 1.75 bits per heavy atom. The van der Waals surface area contributed by atoms with Gasteiger partial charge in [-0.2, -0.15) is 0 Å². The van der Waals surface area contributed by atoms with E-state index in [1.54, 1.807) is 18.5 Å². The lowest BCUT2D eigenvalue weighted by Crippen LogP contribution is -1.87. The maximum Gasteiger partial charge on any atom is 0.0283 e. The molecule has 0 amide bonds. The normalized spacial score (nSPS) is 11.1. The van der Waals surface area contributed by atoms with Crippen molar-refractivity contribution in [1.82, 2.24) is 0 Å². The van der Waals surface area contributed by atoms with E-state index < -0.39 is 0 Å². The fraction of sp³-hybridized carbons (Fsp3) is 0.167. The summed E-state index contributed by atoms with van der Waals surface area (Å²) in [6.45, 7) is 5.28. The molecule has 0 aliphatic carbocycles. The van der Waals surface area contributed by atoms with Crippen LogP contribution in [-0.2, 0) is 0 Å². The third-order valence-corrected chi connectivity index (χ3v) is 0.524. The zero-order valence-electron chi connectivity index (χ0n) is 4.96. The molecule has 0 aromatic carbocycles. The van der Waals surface area contributed by atoms with E-state index in [0.717, 1.165) is 0 Å². The van der Waals surface area contributed by atoms with Crippen LogP contribution in [0.25, 0.3) is 0 Å². The maximum absolute atomic E-state index is 5.18. The molecular weight excluding hydrogens is 100 g/mol. The summed E-state index contributed by atoms with van der Waals surface area (Å²) < 4.78 is 0. The van der Waals surface area contributed by atoms with E-state index in [2.05, 4.69) is 11.6 Å². The van der Waals surface area contributed by atoms with Gasteiger partial charge in [-0.05, 0) is 13.0 Å². The van der Waals surface area contributed by atoms with Crippen LogP contribution < -0.4 is 5.73 Å². The van der Waals surface area contributed by atoms with Crippen molar-refractivity contribution in [3.8, 4) is 0 Å². The van der Waals surface area contributed by atoms with Crippen LogP contribution >= 0.6 is 0 Å². The monoisotopic (exact) mass is 110 g/mol. The van der Waals surface area contributed by atoms with Crippen LogP contribution in [-0.4, -0.2) is 6.21 Å². The van der Waals surface area contributed by atoms with Crippen molar-refractivity contribution in [2.45, 2.75) is 6.92 Å². The molecule has 0 spiro atoms. The lowest BCUT2D eigenvalue weighted by Gasteiger charge is -1.79. The first-order chi connectivity index (χ1) is 3.77. The molecule has 44 valence electrons. The third kappa shape index (κ3) is 4.95. The molecule has 2 N–H and O–H groups in total. The molecule has 0 heterocycles. The molecule has 0 aromatic heterocycles. The standard InChI is InChI=1S/C6H10N2/c1-3-8-5-4-6(2)7/h3-5H,2,7H2,1H3/b5-4-,8-3?. The summed E-state index contributed by atoms with van der Waals surface area (Å²) in [5, 5.41) is 0. The number of aliphatic imine (C=N–C) groups is 1. The largest absolute Gasteiger partial charge is 0.399 e. The molecule has 0 fully saturated rings. The lowest BCUT2D eigenvalue weighted by molar-refractivity contribution is 1.42. The molecule has 0 radical (unpaired) electrons. The smallest absolute Gasteiger partial charge is 0.0283 e. The van der Waals surface area contributed by atoms with E-state index in [0.29, 0.717) is 5.70 Å². The summed E-state index contributed by atoms with van der Waals surface area (Å²) in [7, 11) is 0. The van der Waals surface area contributed by atoms with E-state index in [4.69, 9.17) is 5.73 Å². The Bertz CT molecular complexity index is 122. The minimum absolute atomic E-state index is 0.524. The molecule has 2 nitrogen and oxygen atoms in total. The average molecular weight is 110 g/mol. The van der Waals surface area contributed by atoms with Crippen molar-refractivity contribution >= 4 is 6.21 Å². The Morgan fingerprint density at radius 2 is 2.38 bits per heavy atom. The first kappa shape index (κ1) is 6.95. The minimum Gasteiger partial charge on any atom is -0.399 e. The fourth-order valence-electron chi connectivity index (χ4n) is 0.225. The van der Waals surface area contributed by atoms with E-state index in [-0.39, 0.29) is 0 Å². The summed E-state index contributed by atoms with van der Waals surface area (Å²) in [6, 6.07) is 0. The van der Waals surface area contributed by atoms with Gasteiger partial charge in [-0.1, -0.05) is 6.58 Å². The van der Waals surface area contributed by atoms with Crippen LogP contribution in [0.5, 0.6) is 0 Å². The van der Waals surface area contributed by atoms with Gasteiger partial charge < -0.3 is 5.73 Å². The third-order valence-electron chi connectivity index (χ3n) is 0.524. The van der Waals surface area contributed by atoms with E-state index in [9.17, 15) is 0 Å². The highest BCUT2D eigenvalue weighted by atomic mass is 14.7. The van der Waals surface area contributed by atoms with Gasteiger partial charge in [0.05, 0.1) is 0 Å². The molecule has 0 rings (SSSR count). The summed E-state index contributed by atoms with van der Waals surface area (Å²) >= 11 is 0. The summed E-state index contributed by atoms with van der Waals surface area (Å²) in [5.41, 5.74) is 5.70. The second-order valence-corrected chi connectivity index (χ2v) is 1.30. The highest BCUT2D eigenvalue weighted by Gasteiger charge is 1.67. The molecule has 0 aliphatic heterocycles. The molecule has 0 atom stereocenters. The maximum atomic E-state index is 5.18. The molecule has 0 aromatic rings. The van der Waals surface area contributed by atoms with Gasteiger partial charge in [0.25, 0.3) is 0 Å². The zero-order valence-corrected chi connectivity index (χ0v) is 4.96. The molecule has 0 unspecified atom stereocenters. The number of allylic oxidation sites excluding steroid dienone is 1. The van der Waals surface area contributed by atoms with Gasteiger partial charge in [-0.3, -0.25) is 4.99 Å². The number of hydrogen-bond donors (Lipinski definition) is 1. The van der Waals surface area contributed by atoms with Gasteiger partial charge in [-0.25, -0.2) is 0 Å². The Hall–Kier alpha value is -1.05. The van der Waals surface area contributed by atoms with Crippen molar-refractivity contribution in [3.05, 3.63) is 24.6 Å². The first-order valence-corrected chi connectivity index (χ1v) is 2.36.